The highest BCUT2D eigenvalue weighted by Gasteiger charge is 2.18. The van der Waals surface area contributed by atoms with E-state index in [-0.39, 0.29) is 12.4 Å². The van der Waals surface area contributed by atoms with Crippen LogP contribution in [-0.2, 0) is 0 Å². The number of benzene rings is 1. The molecule has 0 aromatic heterocycles. The first kappa shape index (κ1) is 12.8. The molecule has 0 bridgehead atoms. The van der Waals surface area contributed by atoms with E-state index in [0.29, 0.717) is 6.04 Å². The summed E-state index contributed by atoms with van der Waals surface area (Å²) in [5, 5.41) is 7.70. The molecule has 4 heteroatoms. The first-order valence-electron chi connectivity index (χ1n) is 4.98. The molecule has 1 aromatic carbocycles. The number of halogens is 2. The highest BCUT2D eigenvalue weighted by Crippen LogP contribution is 2.26. The van der Waals surface area contributed by atoms with Crippen LogP contribution >= 0.6 is 24.0 Å². The third-order valence-electron chi connectivity index (χ3n) is 2.66. The molecule has 0 amide bonds. The molecule has 0 radical (unpaired) electrons. The third-order valence-corrected chi connectivity index (χ3v) is 2.99. The van der Waals surface area contributed by atoms with Crippen LogP contribution in [0.4, 0.5) is 0 Å². The van der Waals surface area contributed by atoms with Gasteiger partial charge in [-0.1, -0.05) is 23.7 Å². The molecular weight excluding hydrogens is 231 g/mol. The highest BCUT2D eigenvalue weighted by molar-refractivity contribution is 6.31. The van der Waals surface area contributed by atoms with Crippen LogP contribution in [0.25, 0.3) is 0 Å². The van der Waals surface area contributed by atoms with Crippen molar-refractivity contribution in [2.24, 2.45) is 0 Å². The van der Waals surface area contributed by atoms with Gasteiger partial charge in [0.2, 0.25) is 0 Å². The second-order valence-corrected chi connectivity index (χ2v) is 4.09. The van der Waals surface area contributed by atoms with Crippen LogP contribution in [0.1, 0.15) is 17.2 Å². The Morgan fingerprint density at radius 3 is 2.73 bits per heavy atom. The molecule has 1 aromatic rings. The standard InChI is InChI=1S/C11H15ClN2.ClH/c1-8-3-2-4-9(12)11(8)10-7-13-5-6-14-10;/h2-4,10,13-14H,5-7H2,1H3;1H/t10-;/m0./s1. The smallest absolute Gasteiger partial charge is 0.0464 e. The normalized spacial score (nSPS) is 20.8. The largest absolute Gasteiger partial charge is 0.314 e. The van der Waals surface area contributed by atoms with E-state index in [9.17, 15) is 0 Å². The molecule has 0 spiro atoms. The molecule has 2 nitrogen and oxygen atoms in total. The molecule has 1 aliphatic heterocycles. The lowest BCUT2D eigenvalue weighted by Gasteiger charge is -2.26. The third kappa shape index (κ3) is 2.85. The van der Waals surface area contributed by atoms with Crippen LogP contribution in [0, 0.1) is 6.92 Å². The summed E-state index contributed by atoms with van der Waals surface area (Å²) < 4.78 is 0. The van der Waals surface area contributed by atoms with Crippen molar-refractivity contribution in [2.45, 2.75) is 13.0 Å². The maximum absolute atomic E-state index is 6.20. The van der Waals surface area contributed by atoms with Gasteiger partial charge in [0, 0.05) is 30.7 Å². The molecular formula is C11H16Cl2N2. The minimum Gasteiger partial charge on any atom is -0.314 e. The van der Waals surface area contributed by atoms with E-state index in [1.165, 1.54) is 11.1 Å². The second kappa shape index (κ2) is 5.71. The van der Waals surface area contributed by atoms with Gasteiger partial charge in [-0.25, -0.2) is 0 Å². The van der Waals surface area contributed by atoms with Crippen molar-refractivity contribution in [3.05, 3.63) is 34.3 Å². The predicted octanol–water partition coefficient (Wildman–Crippen LogP) is 2.30. The Kier molecular flexibility index (Phi) is 4.87. The average molecular weight is 247 g/mol. The van der Waals surface area contributed by atoms with Gasteiger partial charge in [0.25, 0.3) is 0 Å². The van der Waals surface area contributed by atoms with Crippen molar-refractivity contribution in [3.63, 3.8) is 0 Å². The maximum atomic E-state index is 6.20. The molecule has 1 saturated heterocycles. The monoisotopic (exact) mass is 246 g/mol. The quantitative estimate of drug-likeness (QED) is 0.795. The summed E-state index contributed by atoms with van der Waals surface area (Å²) in [5.74, 6) is 0. The molecule has 2 rings (SSSR count). The Labute approximate surface area is 102 Å². The van der Waals surface area contributed by atoms with E-state index in [0.717, 1.165) is 24.7 Å². The Hall–Kier alpha value is -0.280. The molecule has 15 heavy (non-hydrogen) atoms. The van der Waals surface area contributed by atoms with E-state index in [2.05, 4.69) is 23.6 Å². The fourth-order valence-electron chi connectivity index (χ4n) is 1.94. The first-order valence-corrected chi connectivity index (χ1v) is 5.36. The number of hydrogen-bond acceptors (Lipinski definition) is 2. The summed E-state index contributed by atoms with van der Waals surface area (Å²) in [6, 6.07) is 6.42. The van der Waals surface area contributed by atoms with Crippen molar-refractivity contribution in [3.8, 4) is 0 Å². The summed E-state index contributed by atoms with van der Waals surface area (Å²) in [6.45, 7) is 5.12. The van der Waals surface area contributed by atoms with E-state index in [4.69, 9.17) is 11.6 Å². The van der Waals surface area contributed by atoms with E-state index in [1.807, 2.05) is 12.1 Å². The number of piperazine rings is 1. The number of rotatable bonds is 1. The van der Waals surface area contributed by atoms with Gasteiger partial charge in [-0.05, 0) is 24.1 Å². The molecule has 0 aliphatic carbocycles. The van der Waals surface area contributed by atoms with Gasteiger partial charge in [0.15, 0.2) is 0 Å². The zero-order valence-corrected chi connectivity index (χ0v) is 10.3. The fraction of sp³-hybridized carbons (Fsp3) is 0.455. The first-order chi connectivity index (χ1) is 6.79. The van der Waals surface area contributed by atoms with Crippen LogP contribution < -0.4 is 10.6 Å². The van der Waals surface area contributed by atoms with Crippen molar-refractivity contribution < 1.29 is 0 Å². The Morgan fingerprint density at radius 2 is 2.13 bits per heavy atom. The van der Waals surface area contributed by atoms with Crippen LogP contribution in [0.3, 0.4) is 0 Å². The summed E-state index contributed by atoms with van der Waals surface area (Å²) in [6.07, 6.45) is 0. The molecule has 2 N–H and O–H groups in total. The fourth-order valence-corrected chi connectivity index (χ4v) is 2.30. The van der Waals surface area contributed by atoms with Gasteiger partial charge < -0.3 is 10.6 Å². The zero-order chi connectivity index (χ0) is 9.97. The summed E-state index contributed by atoms with van der Waals surface area (Å²) in [7, 11) is 0. The van der Waals surface area contributed by atoms with Gasteiger partial charge >= 0.3 is 0 Å². The van der Waals surface area contributed by atoms with Gasteiger partial charge in [-0.3, -0.25) is 0 Å². The van der Waals surface area contributed by atoms with E-state index >= 15 is 0 Å². The minimum absolute atomic E-state index is 0. The number of aryl methyl sites for hydroxylation is 1. The lowest BCUT2D eigenvalue weighted by molar-refractivity contribution is 0.429. The zero-order valence-electron chi connectivity index (χ0n) is 8.72. The number of hydrogen-bond donors (Lipinski definition) is 2. The highest BCUT2D eigenvalue weighted by atomic mass is 35.5. The molecule has 1 atom stereocenters. The Bertz CT molecular complexity index is 302. The van der Waals surface area contributed by atoms with Gasteiger partial charge in [-0.15, -0.1) is 12.4 Å². The maximum Gasteiger partial charge on any atom is 0.0464 e. The molecule has 1 heterocycles. The average Bonchev–Trinajstić information content (AvgIpc) is 2.19. The molecule has 0 unspecified atom stereocenters. The summed E-state index contributed by atoms with van der Waals surface area (Å²) >= 11 is 6.20. The van der Waals surface area contributed by atoms with Gasteiger partial charge in [0.05, 0.1) is 0 Å². The second-order valence-electron chi connectivity index (χ2n) is 3.68. The van der Waals surface area contributed by atoms with Gasteiger partial charge in [0.1, 0.15) is 0 Å². The van der Waals surface area contributed by atoms with Crippen LogP contribution in [-0.4, -0.2) is 19.6 Å². The minimum atomic E-state index is 0. The van der Waals surface area contributed by atoms with Crippen molar-refractivity contribution in [1.29, 1.82) is 0 Å². The summed E-state index contributed by atoms with van der Waals surface area (Å²) in [4.78, 5) is 0. The molecule has 0 saturated carbocycles. The molecule has 84 valence electrons. The van der Waals surface area contributed by atoms with Crippen molar-refractivity contribution in [1.82, 2.24) is 10.6 Å². The van der Waals surface area contributed by atoms with Crippen LogP contribution in [0.2, 0.25) is 5.02 Å². The molecule has 1 aliphatic rings. The summed E-state index contributed by atoms with van der Waals surface area (Å²) in [5.41, 5.74) is 2.50. The number of nitrogens with one attached hydrogen (secondary N) is 2. The SMILES string of the molecule is Cc1cccc(Cl)c1[C@@H]1CNCCN1.Cl. The predicted molar refractivity (Wildman–Crippen MR) is 67.1 cm³/mol. The van der Waals surface area contributed by atoms with Crippen LogP contribution in [0.5, 0.6) is 0 Å². The lowest BCUT2D eigenvalue weighted by Crippen LogP contribution is -2.43. The van der Waals surface area contributed by atoms with Gasteiger partial charge in [-0.2, -0.15) is 0 Å². The topological polar surface area (TPSA) is 24.1 Å². The molecule has 1 fully saturated rings. The Balaban J connectivity index is 0.00000112. The van der Waals surface area contributed by atoms with Crippen LogP contribution in [0.15, 0.2) is 18.2 Å². The van der Waals surface area contributed by atoms with Crippen molar-refractivity contribution >= 4 is 24.0 Å². The Morgan fingerprint density at radius 1 is 1.33 bits per heavy atom. The van der Waals surface area contributed by atoms with E-state index in [1.54, 1.807) is 0 Å². The van der Waals surface area contributed by atoms with E-state index < -0.39 is 0 Å². The lowest BCUT2D eigenvalue weighted by atomic mass is 10.00. The van der Waals surface area contributed by atoms with Crippen molar-refractivity contribution in [2.75, 3.05) is 19.6 Å².